The third-order valence-electron chi connectivity index (χ3n) is 6.48. The van der Waals surface area contributed by atoms with Gasteiger partial charge in [0.2, 0.25) is 0 Å². The summed E-state index contributed by atoms with van der Waals surface area (Å²) in [6, 6.07) is 16.7. The summed E-state index contributed by atoms with van der Waals surface area (Å²) < 4.78 is 15.1. The van der Waals surface area contributed by atoms with E-state index in [0.29, 0.717) is 19.8 Å². The number of aromatic nitrogens is 2. The number of aromatic amines is 1. The van der Waals surface area contributed by atoms with E-state index in [1.807, 2.05) is 28.8 Å². The summed E-state index contributed by atoms with van der Waals surface area (Å²) in [5.41, 5.74) is 2.82. The van der Waals surface area contributed by atoms with Crippen LogP contribution < -0.4 is 5.69 Å². The van der Waals surface area contributed by atoms with E-state index in [0.717, 1.165) is 54.4 Å². The molecule has 7 heteroatoms. The first kappa shape index (κ1) is 20.9. The van der Waals surface area contributed by atoms with Crippen molar-refractivity contribution in [3.05, 3.63) is 69.1 Å². The molecule has 5 rings (SSSR count). The summed E-state index contributed by atoms with van der Waals surface area (Å²) in [6.07, 6.45) is 2.75. The van der Waals surface area contributed by atoms with E-state index in [2.05, 4.69) is 50.1 Å². The highest BCUT2D eigenvalue weighted by Gasteiger charge is 2.37. The van der Waals surface area contributed by atoms with Crippen molar-refractivity contribution in [1.82, 2.24) is 14.5 Å². The molecule has 2 fully saturated rings. The lowest BCUT2D eigenvalue weighted by Crippen LogP contribution is -2.54. The maximum Gasteiger partial charge on any atom is 0.326 e. The number of fused-ring (bicyclic) bond motifs is 1. The summed E-state index contributed by atoms with van der Waals surface area (Å²) in [5.74, 6) is 0. The van der Waals surface area contributed by atoms with E-state index in [1.165, 1.54) is 5.56 Å². The number of hydrogen-bond acceptors (Lipinski definition) is 4. The molecule has 2 aliphatic rings. The molecule has 0 aliphatic carbocycles. The summed E-state index contributed by atoms with van der Waals surface area (Å²) in [5, 5.41) is 0. The molecule has 6 nitrogen and oxygen atoms in total. The Bertz CT molecular complexity index is 1080. The number of ether oxygens (including phenoxy) is 2. The Labute approximate surface area is 190 Å². The number of H-pyrrole nitrogens is 1. The molecule has 2 aliphatic heterocycles. The van der Waals surface area contributed by atoms with Crippen LogP contribution in [-0.2, 0) is 15.9 Å². The molecule has 31 heavy (non-hydrogen) atoms. The second-order valence-electron chi connectivity index (χ2n) is 8.72. The standard InChI is InChI=1S/C24H28BrN3O3/c25-19-6-7-22-21(14-19)26-23(29)28(22)20-8-10-27(11-9-20)16-24(17-30-12-13-31-24)15-18-4-2-1-3-5-18/h1-7,14,20H,8-13,15-17H2,(H,26,29). The van der Waals surface area contributed by atoms with Gasteiger partial charge in [-0.3, -0.25) is 4.57 Å². The van der Waals surface area contributed by atoms with Crippen molar-refractivity contribution in [2.45, 2.75) is 30.9 Å². The number of halogens is 1. The maximum absolute atomic E-state index is 12.6. The SMILES string of the molecule is O=c1[nH]c2cc(Br)ccc2n1C1CCN(CC2(Cc3ccccc3)COCCO2)CC1. The number of benzene rings is 2. The van der Waals surface area contributed by atoms with Crippen molar-refractivity contribution < 1.29 is 9.47 Å². The molecule has 3 aromatic rings. The van der Waals surface area contributed by atoms with Crippen LogP contribution in [0.2, 0.25) is 0 Å². The summed E-state index contributed by atoms with van der Waals surface area (Å²) in [4.78, 5) is 18.1. The summed E-state index contributed by atoms with van der Waals surface area (Å²) in [7, 11) is 0. The van der Waals surface area contributed by atoms with E-state index >= 15 is 0 Å². The minimum Gasteiger partial charge on any atom is -0.376 e. The van der Waals surface area contributed by atoms with Crippen LogP contribution in [0.3, 0.4) is 0 Å². The maximum atomic E-state index is 12.6. The van der Waals surface area contributed by atoms with E-state index in [9.17, 15) is 4.79 Å². The van der Waals surface area contributed by atoms with Gasteiger partial charge in [0.15, 0.2) is 0 Å². The molecule has 2 aromatic carbocycles. The molecule has 2 saturated heterocycles. The van der Waals surface area contributed by atoms with Gasteiger partial charge >= 0.3 is 5.69 Å². The number of hydrogen-bond donors (Lipinski definition) is 1. The first-order chi connectivity index (χ1) is 15.1. The second-order valence-corrected chi connectivity index (χ2v) is 9.63. The smallest absolute Gasteiger partial charge is 0.326 e. The fourth-order valence-electron chi connectivity index (χ4n) is 5.04. The molecule has 0 saturated carbocycles. The van der Waals surface area contributed by atoms with Gasteiger partial charge in [-0.05, 0) is 36.6 Å². The fraction of sp³-hybridized carbons (Fsp3) is 0.458. The van der Waals surface area contributed by atoms with Crippen LogP contribution in [0.1, 0.15) is 24.4 Å². The minimum absolute atomic E-state index is 0.0175. The van der Waals surface area contributed by atoms with Crippen LogP contribution in [0.15, 0.2) is 57.8 Å². The summed E-state index contributed by atoms with van der Waals surface area (Å²) >= 11 is 3.49. The normalized spacial score (nSPS) is 23.4. The Hall–Kier alpha value is -1.93. The molecule has 0 bridgehead atoms. The fourth-order valence-corrected chi connectivity index (χ4v) is 5.40. The van der Waals surface area contributed by atoms with Crippen molar-refractivity contribution in [2.24, 2.45) is 0 Å². The molecule has 3 heterocycles. The number of rotatable bonds is 5. The van der Waals surface area contributed by atoms with E-state index in [-0.39, 0.29) is 17.3 Å². The highest BCUT2D eigenvalue weighted by atomic mass is 79.9. The van der Waals surface area contributed by atoms with Crippen molar-refractivity contribution in [2.75, 3.05) is 39.5 Å². The monoisotopic (exact) mass is 485 g/mol. The third kappa shape index (κ3) is 4.51. The van der Waals surface area contributed by atoms with Gasteiger partial charge in [-0.2, -0.15) is 0 Å². The molecule has 1 unspecified atom stereocenters. The van der Waals surface area contributed by atoms with Gasteiger partial charge in [-0.25, -0.2) is 4.79 Å². The topological polar surface area (TPSA) is 59.5 Å². The van der Waals surface area contributed by atoms with Crippen LogP contribution in [-0.4, -0.2) is 59.5 Å². The number of likely N-dealkylation sites (tertiary alicyclic amines) is 1. The van der Waals surface area contributed by atoms with Crippen LogP contribution in [0, 0.1) is 0 Å². The van der Waals surface area contributed by atoms with E-state index < -0.39 is 0 Å². The number of imidazole rings is 1. The Balaban J connectivity index is 1.29. The average molecular weight is 486 g/mol. The molecular weight excluding hydrogens is 458 g/mol. The highest BCUT2D eigenvalue weighted by molar-refractivity contribution is 9.10. The first-order valence-electron chi connectivity index (χ1n) is 11.0. The number of nitrogens with zero attached hydrogens (tertiary/aromatic N) is 2. The molecule has 0 spiro atoms. The molecule has 164 valence electrons. The lowest BCUT2D eigenvalue weighted by atomic mass is 9.92. The molecular formula is C24H28BrN3O3. The quantitative estimate of drug-likeness (QED) is 0.597. The van der Waals surface area contributed by atoms with Gasteiger partial charge in [-0.15, -0.1) is 0 Å². The van der Waals surface area contributed by atoms with Gasteiger partial charge in [0.05, 0.1) is 30.9 Å². The van der Waals surface area contributed by atoms with Crippen molar-refractivity contribution >= 4 is 27.0 Å². The zero-order chi connectivity index (χ0) is 21.3. The highest BCUT2D eigenvalue weighted by Crippen LogP contribution is 2.29. The van der Waals surface area contributed by atoms with Crippen LogP contribution in [0.25, 0.3) is 11.0 Å². The van der Waals surface area contributed by atoms with Gasteiger partial charge in [0.1, 0.15) is 5.60 Å². The van der Waals surface area contributed by atoms with Gasteiger partial charge in [0.25, 0.3) is 0 Å². The third-order valence-corrected chi connectivity index (χ3v) is 6.98. The number of nitrogens with one attached hydrogen (secondary N) is 1. The van der Waals surface area contributed by atoms with Crippen LogP contribution in [0.4, 0.5) is 0 Å². The van der Waals surface area contributed by atoms with Crippen molar-refractivity contribution in [3.8, 4) is 0 Å². The first-order valence-corrected chi connectivity index (χ1v) is 11.8. The van der Waals surface area contributed by atoms with Crippen LogP contribution in [0.5, 0.6) is 0 Å². The zero-order valence-corrected chi connectivity index (χ0v) is 19.1. The molecule has 1 aromatic heterocycles. The second kappa shape index (κ2) is 8.90. The largest absolute Gasteiger partial charge is 0.376 e. The average Bonchev–Trinajstić information content (AvgIpc) is 3.10. The Kier molecular flexibility index (Phi) is 6.01. The molecule has 1 N–H and O–H groups in total. The molecule has 0 radical (unpaired) electrons. The predicted octanol–water partition coefficient (Wildman–Crippen LogP) is 3.76. The lowest BCUT2D eigenvalue weighted by molar-refractivity contribution is -0.167. The summed E-state index contributed by atoms with van der Waals surface area (Å²) in [6.45, 7) is 4.67. The van der Waals surface area contributed by atoms with Crippen molar-refractivity contribution in [3.63, 3.8) is 0 Å². The Morgan fingerprint density at radius 1 is 1.10 bits per heavy atom. The Morgan fingerprint density at radius 2 is 1.90 bits per heavy atom. The predicted molar refractivity (Wildman–Crippen MR) is 125 cm³/mol. The Morgan fingerprint density at radius 3 is 2.65 bits per heavy atom. The zero-order valence-electron chi connectivity index (χ0n) is 17.6. The minimum atomic E-state index is -0.309. The molecule has 0 amide bonds. The van der Waals surface area contributed by atoms with Crippen LogP contribution >= 0.6 is 15.9 Å². The van der Waals surface area contributed by atoms with E-state index in [4.69, 9.17) is 9.47 Å². The van der Waals surface area contributed by atoms with Crippen molar-refractivity contribution in [1.29, 1.82) is 0 Å². The van der Waals surface area contributed by atoms with Gasteiger partial charge in [-0.1, -0.05) is 46.3 Å². The van der Waals surface area contributed by atoms with Gasteiger partial charge < -0.3 is 19.4 Å². The lowest BCUT2D eigenvalue weighted by Gasteiger charge is -2.43. The van der Waals surface area contributed by atoms with E-state index in [1.54, 1.807) is 0 Å². The van der Waals surface area contributed by atoms with Gasteiger partial charge in [0, 0.05) is 36.6 Å². The number of piperidine rings is 1. The molecule has 1 atom stereocenters.